The topological polar surface area (TPSA) is 47.5 Å². The summed E-state index contributed by atoms with van der Waals surface area (Å²) in [6, 6.07) is 4.96. The lowest BCUT2D eigenvalue weighted by atomic mass is 9.84. The molecule has 1 atom stereocenters. The minimum atomic E-state index is -0.374. The van der Waals surface area contributed by atoms with Crippen LogP contribution in [0.15, 0.2) is 36.8 Å². The first kappa shape index (κ1) is 16.7. The van der Waals surface area contributed by atoms with Gasteiger partial charge < -0.3 is 9.47 Å². The van der Waals surface area contributed by atoms with E-state index in [1.54, 1.807) is 24.7 Å². The van der Waals surface area contributed by atoms with Crippen LogP contribution in [0.3, 0.4) is 0 Å². The van der Waals surface area contributed by atoms with Crippen LogP contribution in [0, 0.1) is 5.82 Å². The molecule has 0 N–H and O–H groups in total. The van der Waals surface area contributed by atoms with Gasteiger partial charge in [0.1, 0.15) is 11.9 Å². The Bertz CT molecular complexity index is 740. The van der Waals surface area contributed by atoms with Gasteiger partial charge in [0, 0.05) is 44.9 Å². The third-order valence-corrected chi connectivity index (χ3v) is 4.99. The van der Waals surface area contributed by atoms with Gasteiger partial charge in [-0.15, -0.1) is 0 Å². The lowest BCUT2D eigenvalue weighted by molar-refractivity contribution is -0.188. The summed E-state index contributed by atoms with van der Waals surface area (Å²) in [6.07, 6.45) is 6.64. The molecule has 2 fully saturated rings. The first-order valence-corrected chi connectivity index (χ1v) is 8.73. The molecule has 2 saturated heterocycles. The Balaban J connectivity index is 1.32. The quantitative estimate of drug-likeness (QED) is 0.835. The van der Waals surface area contributed by atoms with Gasteiger partial charge in [-0.1, -0.05) is 17.7 Å². The second-order valence-electron chi connectivity index (χ2n) is 6.70. The van der Waals surface area contributed by atoms with Crippen molar-refractivity contribution >= 4 is 11.6 Å². The second kappa shape index (κ2) is 6.86. The second-order valence-corrected chi connectivity index (χ2v) is 7.11. The highest BCUT2D eigenvalue weighted by Crippen LogP contribution is 2.36. The molecular formula is C18H19ClFN3O2. The van der Waals surface area contributed by atoms with Crippen LogP contribution < -0.4 is 4.74 Å². The van der Waals surface area contributed by atoms with Crippen LogP contribution in [0.25, 0.3) is 0 Å². The third-order valence-electron chi connectivity index (χ3n) is 4.69. The number of aromatic nitrogens is 2. The van der Waals surface area contributed by atoms with Gasteiger partial charge in [-0.3, -0.25) is 9.88 Å². The normalized spacial score (nSPS) is 22.6. The van der Waals surface area contributed by atoms with Gasteiger partial charge >= 0.3 is 0 Å². The smallest absolute Gasteiger partial charge is 0.232 e. The molecule has 0 amide bonds. The van der Waals surface area contributed by atoms with Crippen LogP contribution in [0.4, 0.5) is 4.39 Å². The molecule has 7 heteroatoms. The summed E-state index contributed by atoms with van der Waals surface area (Å²) in [6.45, 7) is 3.00. The summed E-state index contributed by atoms with van der Waals surface area (Å²) in [7, 11) is 0. The molecule has 25 heavy (non-hydrogen) atoms. The zero-order valence-corrected chi connectivity index (χ0v) is 14.5. The van der Waals surface area contributed by atoms with Crippen molar-refractivity contribution in [2.45, 2.75) is 31.1 Å². The van der Waals surface area contributed by atoms with E-state index in [1.807, 2.05) is 6.07 Å². The van der Waals surface area contributed by atoms with Crippen LogP contribution >= 0.6 is 11.6 Å². The fraction of sp³-hybridized carbons (Fsp3) is 0.444. The Morgan fingerprint density at radius 1 is 1.36 bits per heavy atom. The van der Waals surface area contributed by atoms with Gasteiger partial charge in [0.2, 0.25) is 5.88 Å². The highest BCUT2D eigenvalue weighted by Gasteiger charge is 2.48. The maximum Gasteiger partial charge on any atom is 0.232 e. The predicted octanol–water partition coefficient (Wildman–Crippen LogP) is 3.08. The molecule has 1 aromatic carbocycles. The molecule has 2 aromatic rings. The number of rotatable bonds is 4. The fourth-order valence-electron chi connectivity index (χ4n) is 3.60. The summed E-state index contributed by atoms with van der Waals surface area (Å²) in [5.41, 5.74) is 0.746. The van der Waals surface area contributed by atoms with Gasteiger partial charge in [-0.05, 0) is 17.7 Å². The molecule has 0 radical (unpaired) electrons. The fourth-order valence-corrected chi connectivity index (χ4v) is 3.72. The van der Waals surface area contributed by atoms with E-state index in [2.05, 4.69) is 14.9 Å². The molecule has 1 aromatic heterocycles. The molecule has 0 saturated carbocycles. The SMILES string of the molecule is Fc1cc(CN2CC3(C[C@@H](Oc4cnccn4)CCO3)C2)ccc1Cl. The van der Waals surface area contributed by atoms with Crippen LogP contribution in [0.2, 0.25) is 5.02 Å². The maximum atomic E-state index is 13.6. The van der Waals surface area contributed by atoms with Crippen molar-refractivity contribution < 1.29 is 13.9 Å². The molecule has 0 aliphatic carbocycles. The van der Waals surface area contributed by atoms with Crippen molar-refractivity contribution in [3.63, 3.8) is 0 Å². The van der Waals surface area contributed by atoms with Crippen molar-refractivity contribution in [2.24, 2.45) is 0 Å². The minimum Gasteiger partial charge on any atom is -0.473 e. The van der Waals surface area contributed by atoms with Crippen molar-refractivity contribution in [3.8, 4) is 5.88 Å². The molecule has 0 bridgehead atoms. The van der Waals surface area contributed by atoms with E-state index in [9.17, 15) is 4.39 Å². The standard InChI is InChI=1S/C18H19ClFN3O2/c19-15-2-1-13(7-16(15)20)10-23-11-18(12-23)8-14(3-6-24-18)25-17-9-21-4-5-22-17/h1-2,4-5,7,9,14H,3,6,8,10-12H2/t14-/m0/s1. The van der Waals surface area contributed by atoms with E-state index >= 15 is 0 Å². The Labute approximate surface area is 150 Å². The summed E-state index contributed by atoms with van der Waals surface area (Å²) >= 11 is 5.73. The van der Waals surface area contributed by atoms with Crippen LogP contribution in [0.1, 0.15) is 18.4 Å². The molecule has 5 nitrogen and oxygen atoms in total. The number of nitrogens with zero attached hydrogens (tertiary/aromatic N) is 3. The van der Waals surface area contributed by atoms with E-state index in [4.69, 9.17) is 21.1 Å². The number of hydrogen-bond acceptors (Lipinski definition) is 5. The van der Waals surface area contributed by atoms with Crippen molar-refractivity contribution in [2.75, 3.05) is 19.7 Å². The Kier molecular flexibility index (Phi) is 4.58. The van der Waals surface area contributed by atoms with Crippen LogP contribution in [-0.2, 0) is 11.3 Å². The van der Waals surface area contributed by atoms with Gasteiger partial charge in [0.05, 0.1) is 23.4 Å². The average Bonchev–Trinajstić information content (AvgIpc) is 2.58. The monoisotopic (exact) mass is 363 g/mol. The molecule has 2 aliphatic rings. The molecular weight excluding hydrogens is 345 g/mol. The number of hydrogen-bond donors (Lipinski definition) is 0. The Hall–Kier alpha value is -1.76. The van der Waals surface area contributed by atoms with Gasteiger partial charge in [0.15, 0.2) is 0 Å². The van der Waals surface area contributed by atoms with E-state index in [0.717, 1.165) is 31.5 Å². The summed E-state index contributed by atoms with van der Waals surface area (Å²) in [5, 5.41) is 0.156. The molecule has 3 heterocycles. The van der Waals surface area contributed by atoms with Gasteiger partial charge in [-0.25, -0.2) is 9.37 Å². The molecule has 132 valence electrons. The van der Waals surface area contributed by atoms with Crippen LogP contribution in [-0.4, -0.2) is 46.3 Å². The number of likely N-dealkylation sites (tertiary alicyclic amines) is 1. The molecule has 0 unspecified atom stereocenters. The lowest BCUT2D eigenvalue weighted by Crippen LogP contribution is -2.65. The van der Waals surface area contributed by atoms with E-state index in [0.29, 0.717) is 19.0 Å². The minimum absolute atomic E-state index is 0.0839. The molecule has 4 rings (SSSR count). The predicted molar refractivity (Wildman–Crippen MR) is 91.1 cm³/mol. The van der Waals surface area contributed by atoms with Gasteiger partial charge in [0.25, 0.3) is 0 Å². The summed E-state index contributed by atoms with van der Waals surface area (Å²) in [5.74, 6) is 0.179. The molecule has 1 spiro atoms. The Morgan fingerprint density at radius 2 is 2.24 bits per heavy atom. The summed E-state index contributed by atoms with van der Waals surface area (Å²) in [4.78, 5) is 10.4. The number of halogens is 2. The first-order valence-electron chi connectivity index (χ1n) is 8.35. The summed E-state index contributed by atoms with van der Waals surface area (Å²) < 4.78 is 25.5. The maximum absolute atomic E-state index is 13.6. The van der Waals surface area contributed by atoms with E-state index < -0.39 is 0 Å². The number of benzene rings is 1. The van der Waals surface area contributed by atoms with E-state index in [1.165, 1.54) is 6.07 Å². The average molecular weight is 364 g/mol. The Morgan fingerprint density at radius 3 is 3.00 bits per heavy atom. The first-order chi connectivity index (χ1) is 12.1. The largest absolute Gasteiger partial charge is 0.473 e. The zero-order valence-electron chi connectivity index (χ0n) is 13.7. The zero-order chi connectivity index (χ0) is 17.3. The lowest BCUT2D eigenvalue weighted by Gasteiger charge is -2.53. The van der Waals surface area contributed by atoms with Crippen LogP contribution in [0.5, 0.6) is 5.88 Å². The highest BCUT2D eigenvalue weighted by atomic mass is 35.5. The van der Waals surface area contributed by atoms with Crippen molar-refractivity contribution in [1.29, 1.82) is 0 Å². The van der Waals surface area contributed by atoms with Crippen molar-refractivity contribution in [3.05, 3.63) is 53.2 Å². The third kappa shape index (κ3) is 3.76. The van der Waals surface area contributed by atoms with E-state index in [-0.39, 0.29) is 22.5 Å². The molecule has 2 aliphatic heterocycles. The van der Waals surface area contributed by atoms with Crippen molar-refractivity contribution in [1.82, 2.24) is 14.9 Å². The highest BCUT2D eigenvalue weighted by molar-refractivity contribution is 6.30. The number of ether oxygens (including phenoxy) is 2. The van der Waals surface area contributed by atoms with Gasteiger partial charge in [-0.2, -0.15) is 0 Å².